The van der Waals surface area contributed by atoms with Gasteiger partial charge in [0.25, 0.3) is 0 Å². The monoisotopic (exact) mass is 670 g/mol. The fourth-order valence-corrected chi connectivity index (χ4v) is 4.94. The molecule has 0 bridgehead atoms. The van der Waals surface area contributed by atoms with Crippen molar-refractivity contribution >= 4 is 34.8 Å². The van der Waals surface area contributed by atoms with Crippen LogP contribution in [0, 0.1) is 0 Å². The number of carbonyl (C=O) groups excluding carboxylic acids is 4. The summed E-state index contributed by atoms with van der Waals surface area (Å²) in [5.41, 5.74) is 0.169. The number of benzene rings is 2. The first kappa shape index (κ1) is 35.7. The van der Waals surface area contributed by atoms with Crippen molar-refractivity contribution in [1.29, 1.82) is 0 Å². The van der Waals surface area contributed by atoms with Crippen LogP contribution in [0.2, 0.25) is 0 Å². The van der Waals surface area contributed by atoms with Crippen molar-refractivity contribution in [2.24, 2.45) is 0 Å². The van der Waals surface area contributed by atoms with Gasteiger partial charge in [0, 0.05) is 33.8 Å². The van der Waals surface area contributed by atoms with Crippen molar-refractivity contribution in [3.63, 3.8) is 0 Å². The van der Waals surface area contributed by atoms with E-state index >= 15 is 0 Å². The standard InChI is InChI=1S/C34H38O14/c1-6-7-15-40-31-28(42-17-23-11-9-8-10-12-23)25-14-13-24(16-26(25)47-33(31)39)46-34-32(45-22(5)38)30(44-21(4)37)29(43-20(3)36)27(48-34)18-41-19(2)35/h8-14,16,27,29-30,32,34H,6-7,15,17-18H2,1-5H3/t27-,29+,30+,32-,34-/m1/s1. The molecule has 1 saturated heterocycles. The van der Waals surface area contributed by atoms with Crippen molar-refractivity contribution in [3.8, 4) is 17.2 Å². The predicted molar refractivity (Wildman–Crippen MR) is 166 cm³/mol. The summed E-state index contributed by atoms with van der Waals surface area (Å²) >= 11 is 0. The van der Waals surface area contributed by atoms with E-state index in [2.05, 4.69) is 0 Å². The van der Waals surface area contributed by atoms with Crippen molar-refractivity contribution in [2.75, 3.05) is 13.2 Å². The molecule has 0 N–H and O–H groups in total. The predicted octanol–water partition coefficient (Wildman–Crippen LogP) is 4.01. The highest BCUT2D eigenvalue weighted by molar-refractivity contribution is 5.86. The smallest absolute Gasteiger partial charge is 0.383 e. The van der Waals surface area contributed by atoms with Gasteiger partial charge in [0.1, 0.15) is 30.7 Å². The molecule has 0 aliphatic carbocycles. The molecule has 2 aromatic carbocycles. The molecule has 0 spiro atoms. The van der Waals surface area contributed by atoms with Crippen LogP contribution in [0.25, 0.3) is 11.0 Å². The molecule has 0 saturated carbocycles. The zero-order valence-corrected chi connectivity index (χ0v) is 27.3. The first-order chi connectivity index (χ1) is 23.0. The van der Waals surface area contributed by atoms with E-state index in [1.807, 2.05) is 37.3 Å². The third-order valence-electron chi connectivity index (χ3n) is 6.96. The van der Waals surface area contributed by atoms with Gasteiger partial charge in [-0.25, -0.2) is 4.79 Å². The summed E-state index contributed by atoms with van der Waals surface area (Å²) in [6.07, 6.45) is -5.37. The normalized spacial score (nSPS) is 20.3. The molecule has 3 aromatic rings. The van der Waals surface area contributed by atoms with E-state index in [9.17, 15) is 24.0 Å². The van der Waals surface area contributed by atoms with Crippen molar-refractivity contribution in [1.82, 2.24) is 0 Å². The van der Waals surface area contributed by atoms with Crippen LogP contribution in [0.5, 0.6) is 17.2 Å². The number of hydrogen-bond acceptors (Lipinski definition) is 14. The Morgan fingerprint density at radius 3 is 2.08 bits per heavy atom. The van der Waals surface area contributed by atoms with E-state index in [4.69, 9.17) is 42.3 Å². The zero-order chi connectivity index (χ0) is 34.8. The molecule has 0 amide bonds. The van der Waals surface area contributed by atoms with Crippen LogP contribution < -0.4 is 19.8 Å². The highest BCUT2D eigenvalue weighted by atomic mass is 16.7. The summed E-state index contributed by atoms with van der Waals surface area (Å²) in [6, 6.07) is 13.9. The lowest BCUT2D eigenvalue weighted by Gasteiger charge is -2.43. The minimum absolute atomic E-state index is 0.0693. The van der Waals surface area contributed by atoms with Crippen LogP contribution in [0.15, 0.2) is 57.7 Å². The fraction of sp³-hybridized carbons (Fsp3) is 0.441. The Balaban J connectivity index is 1.73. The summed E-state index contributed by atoms with van der Waals surface area (Å²) in [7, 11) is 0. The van der Waals surface area contributed by atoms with E-state index in [0.29, 0.717) is 11.8 Å². The molecule has 5 atom stereocenters. The Kier molecular flexibility index (Phi) is 12.4. The van der Waals surface area contributed by atoms with Crippen LogP contribution in [0.1, 0.15) is 53.0 Å². The van der Waals surface area contributed by atoms with Crippen LogP contribution in [0.3, 0.4) is 0 Å². The Labute approximate surface area is 276 Å². The van der Waals surface area contributed by atoms with E-state index in [0.717, 1.165) is 32.8 Å². The molecule has 0 unspecified atom stereocenters. The molecule has 0 radical (unpaired) electrons. The maximum Gasteiger partial charge on any atom is 0.383 e. The van der Waals surface area contributed by atoms with Gasteiger partial charge in [0.2, 0.25) is 18.1 Å². The average Bonchev–Trinajstić information content (AvgIpc) is 3.02. The number of carbonyl (C=O) groups is 4. The fourth-order valence-electron chi connectivity index (χ4n) is 4.94. The summed E-state index contributed by atoms with van der Waals surface area (Å²) < 4.78 is 51.0. The van der Waals surface area contributed by atoms with E-state index in [1.54, 1.807) is 6.07 Å². The van der Waals surface area contributed by atoms with Gasteiger partial charge in [-0.3, -0.25) is 19.2 Å². The molecule has 14 nitrogen and oxygen atoms in total. The van der Waals surface area contributed by atoms with Crippen LogP contribution in [-0.2, 0) is 49.5 Å². The molecule has 14 heteroatoms. The topological polar surface area (TPSA) is 172 Å². The summed E-state index contributed by atoms with van der Waals surface area (Å²) in [6.45, 7) is 6.52. The first-order valence-corrected chi connectivity index (χ1v) is 15.3. The number of hydrogen-bond donors (Lipinski definition) is 0. The lowest BCUT2D eigenvalue weighted by Crippen LogP contribution is -2.63. The Morgan fingerprint density at radius 2 is 1.44 bits per heavy atom. The Hall–Kier alpha value is -5.11. The summed E-state index contributed by atoms with van der Waals surface area (Å²) in [5, 5.41) is 0.408. The second kappa shape index (κ2) is 16.6. The molecule has 48 heavy (non-hydrogen) atoms. The van der Waals surface area contributed by atoms with E-state index in [1.165, 1.54) is 19.1 Å². The molecular formula is C34H38O14. The lowest BCUT2D eigenvalue weighted by atomic mass is 9.98. The zero-order valence-electron chi connectivity index (χ0n) is 27.3. The minimum Gasteiger partial charge on any atom is -0.484 e. The summed E-state index contributed by atoms with van der Waals surface area (Å²) in [4.78, 5) is 61.1. The van der Waals surface area contributed by atoms with Gasteiger partial charge in [0.15, 0.2) is 18.0 Å². The van der Waals surface area contributed by atoms with Gasteiger partial charge < -0.3 is 42.3 Å². The second-order valence-corrected chi connectivity index (χ2v) is 10.9. The SMILES string of the molecule is CCCCOc1c(OCc2ccccc2)c2ccc(O[C@@H]3O[C@H](COC(C)=O)[C@H](OC(C)=O)[C@H](OC(C)=O)[C@H]3OC(C)=O)cc2oc1=O. The van der Waals surface area contributed by atoms with Gasteiger partial charge in [-0.2, -0.15) is 0 Å². The van der Waals surface area contributed by atoms with Gasteiger partial charge in [-0.1, -0.05) is 43.7 Å². The average molecular weight is 671 g/mol. The number of unbranched alkanes of at least 4 members (excludes halogenated alkanes) is 1. The molecule has 1 aliphatic rings. The molecule has 1 aliphatic heterocycles. The Morgan fingerprint density at radius 1 is 0.771 bits per heavy atom. The highest BCUT2D eigenvalue weighted by Gasteiger charge is 2.53. The largest absolute Gasteiger partial charge is 0.484 e. The van der Waals surface area contributed by atoms with E-state index < -0.39 is 66.8 Å². The number of rotatable bonds is 14. The van der Waals surface area contributed by atoms with Crippen LogP contribution >= 0.6 is 0 Å². The molecule has 258 valence electrons. The van der Waals surface area contributed by atoms with Gasteiger partial charge >= 0.3 is 29.5 Å². The first-order valence-electron chi connectivity index (χ1n) is 15.3. The van der Waals surface area contributed by atoms with Crippen molar-refractivity contribution in [3.05, 3.63) is 64.5 Å². The molecule has 1 aromatic heterocycles. The maximum absolute atomic E-state index is 13.1. The molecule has 4 rings (SSSR count). The number of ether oxygens (including phenoxy) is 8. The van der Waals surface area contributed by atoms with Crippen molar-refractivity contribution < 1.29 is 61.5 Å². The van der Waals surface area contributed by atoms with Crippen LogP contribution in [-0.4, -0.2) is 67.8 Å². The van der Waals surface area contributed by atoms with Gasteiger partial charge in [-0.15, -0.1) is 0 Å². The molecular weight excluding hydrogens is 632 g/mol. The second-order valence-electron chi connectivity index (χ2n) is 10.9. The molecule has 1 fully saturated rings. The van der Waals surface area contributed by atoms with Gasteiger partial charge in [-0.05, 0) is 24.1 Å². The number of esters is 4. The lowest BCUT2D eigenvalue weighted by molar-refractivity contribution is -0.288. The maximum atomic E-state index is 13.1. The highest BCUT2D eigenvalue weighted by Crippen LogP contribution is 2.37. The van der Waals surface area contributed by atoms with Crippen molar-refractivity contribution in [2.45, 2.75) is 84.8 Å². The van der Waals surface area contributed by atoms with Crippen LogP contribution in [0.4, 0.5) is 0 Å². The van der Waals surface area contributed by atoms with Gasteiger partial charge in [0.05, 0.1) is 12.0 Å². The summed E-state index contributed by atoms with van der Waals surface area (Å²) in [5.74, 6) is -2.79. The number of fused-ring (bicyclic) bond motifs is 1. The quantitative estimate of drug-likeness (QED) is 0.104. The van der Waals surface area contributed by atoms with E-state index in [-0.39, 0.29) is 36.0 Å². The molecule has 2 heterocycles. The third kappa shape index (κ3) is 9.47. The minimum atomic E-state index is -1.49. The third-order valence-corrected chi connectivity index (χ3v) is 6.96. The Bertz CT molecular complexity index is 1650.